The maximum absolute atomic E-state index is 15.2. The summed E-state index contributed by atoms with van der Waals surface area (Å²) in [7, 11) is -8.91. The van der Waals surface area contributed by atoms with Crippen molar-refractivity contribution in [1.82, 2.24) is 24.2 Å². The maximum Gasteiger partial charge on any atom is 0.294 e. The van der Waals surface area contributed by atoms with Crippen LogP contribution in [-0.2, 0) is 38.9 Å². The Labute approximate surface area is 413 Å². The normalized spacial score (nSPS) is 13.5. The molecule has 10 rings (SSSR count). The van der Waals surface area contributed by atoms with Gasteiger partial charge in [-0.1, -0.05) is 64.7 Å². The number of anilines is 6. The number of benzene rings is 6. The molecule has 0 amide bonds. The molecule has 0 atom stereocenters. The summed E-state index contributed by atoms with van der Waals surface area (Å²) in [6.07, 6.45) is 0. The number of halogens is 1. The number of nitrogens with one attached hydrogen (secondary N) is 4. The Hall–Kier alpha value is -7.31. The highest BCUT2D eigenvalue weighted by Crippen LogP contribution is 2.46. The summed E-state index contributed by atoms with van der Waals surface area (Å²) in [4.78, 5) is 47.3. The Bertz CT molecular complexity index is 3830. The molecule has 0 saturated heterocycles. The first kappa shape index (κ1) is 47.4. The summed E-state index contributed by atoms with van der Waals surface area (Å²) in [5, 5.41) is 34.5. The van der Waals surface area contributed by atoms with Crippen molar-refractivity contribution in [2.45, 2.75) is 19.6 Å². The topological polar surface area (TPSA) is 304 Å². The van der Waals surface area contributed by atoms with Crippen LogP contribution in [-0.4, -0.2) is 63.0 Å². The van der Waals surface area contributed by atoms with Crippen molar-refractivity contribution in [3.05, 3.63) is 160 Å². The zero-order chi connectivity index (χ0) is 49.6. The molecule has 0 spiro atoms. The second kappa shape index (κ2) is 19.1. The highest BCUT2D eigenvalue weighted by Gasteiger charge is 2.37. The average Bonchev–Trinajstić information content (AvgIpc) is 3.34. The SMILES string of the molecule is O=C1c2ccccc2-c2c(C3=Nc4ccccc4S(=O)(=O)N3)c(=O)n(-c3ccccc3)c3ccc(Nc4cc(Nc5nc(Cl)nc(Nc6cc(S(=O)(=O)O)ccc6SOOO)n5)ccc4SOOO)c1c23. The maximum atomic E-state index is 15.2. The number of aromatic nitrogens is 4. The van der Waals surface area contributed by atoms with Crippen LogP contribution in [0.3, 0.4) is 0 Å². The van der Waals surface area contributed by atoms with Gasteiger partial charge in [-0.05, 0) is 90.0 Å². The van der Waals surface area contributed by atoms with E-state index in [2.05, 4.69) is 55.0 Å². The molecule has 358 valence electrons. The first-order chi connectivity index (χ1) is 34.2. The second-order valence-electron chi connectivity index (χ2n) is 14.9. The number of hydrogen-bond acceptors (Lipinski definition) is 21. The number of hydrogen-bond donors (Lipinski definition) is 7. The van der Waals surface area contributed by atoms with Crippen molar-refractivity contribution in [1.29, 1.82) is 0 Å². The van der Waals surface area contributed by atoms with Crippen LogP contribution in [0.15, 0.2) is 157 Å². The van der Waals surface area contributed by atoms with Crippen LogP contribution in [0, 0.1) is 0 Å². The van der Waals surface area contributed by atoms with E-state index in [9.17, 15) is 21.4 Å². The quantitative estimate of drug-likeness (QED) is 0.0218. The summed E-state index contributed by atoms with van der Waals surface area (Å²) in [5.74, 6) is -1.06. The lowest BCUT2D eigenvalue weighted by Gasteiger charge is -2.28. The molecular formula is C44H28ClN9O13S4. The van der Waals surface area contributed by atoms with E-state index in [1.165, 1.54) is 22.8 Å². The van der Waals surface area contributed by atoms with Gasteiger partial charge in [0.25, 0.3) is 25.7 Å². The van der Waals surface area contributed by atoms with E-state index in [1.54, 1.807) is 97.1 Å². The number of fused-ring (bicyclic) bond motifs is 3. The number of aliphatic imine (C=N–C) groups is 1. The van der Waals surface area contributed by atoms with Gasteiger partial charge in [0, 0.05) is 27.9 Å². The molecule has 8 aromatic rings. The molecule has 1 aliphatic carbocycles. The van der Waals surface area contributed by atoms with Crippen LogP contribution in [0.25, 0.3) is 27.7 Å². The molecule has 7 N–H and O–H groups in total. The van der Waals surface area contributed by atoms with Crippen molar-refractivity contribution in [3.63, 3.8) is 0 Å². The molecular weight excluding hydrogens is 1030 g/mol. The Balaban J connectivity index is 1.11. The van der Waals surface area contributed by atoms with Gasteiger partial charge in [-0.25, -0.2) is 23.9 Å². The number of sulfonamides is 1. The molecule has 0 fully saturated rings. The number of ketones is 1. The zero-order valence-corrected chi connectivity index (χ0v) is 39.3. The summed E-state index contributed by atoms with van der Waals surface area (Å²) in [5.41, 5.74) is 1.72. The van der Waals surface area contributed by atoms with Crippen LogP contribution in [0.5, 0.6) is 0 Å². The fourth-order valence-electron chi connectivity index (χ4n) is 7.97. The van der Waals surface area contributed by atoms with Crippen molar-refractivity contribution < 1.29 is 55.4 Å². The fourth-order valence-corrected chi connectivity index (χ4v) is 10.6. The minimum Gasteiger partial charge on any atom is -0.354 e. The first-order valence-corrected chi connectivity index (χ1v) is 24.9. The van der Waals surface area contributed by atoms with Gasteiger partial charge in [-0.2, -0.15) is 23.4 Å². The van der Waals surface area contributed by atoms with Crippen LogP contribution >= 0.6 is 35.7 Å². The van der Waals surface area contributed by atoms with Crippen LogP contribution in [0.1, 0.15) is 21.5 Å². The summed E-state index contributed by atoms with van der Waals surface area (Å²) in [6.45, 7) is 0. The standard InChI is InChI=1S/C44H28ClN9O13S4/c45-42-50-43(52-44(51-42)49-30-21-24(71(61,62)63)15-19-33(30)69-67-65-58)46-22-14-18-32(68-66-64-57)29(20-22)47-28-16-17-31-37-35(25-10-4-5-11-26(25)39(55)36(28)37)38(41(56)54(31)23-8-2-1-3-9-23)40-48-27-12-6-7-13-34(27)70(59,60)53-40/h1-21,47,57-58H,(H,48,53)(H,61,62,63)(H2,46,49,50,51,52). The average molecular weight is 1050 g/mol. The molecule has 0 bridgehead atoms. The van der Waals surface area contributed by atoms with E-state index in [4.69, 9.17) is 26.4 Å². The minimum atomic E-state index is -4.67. The number of amidine groups is 1. The predicted octanol–water partition coefficient (Wildman–Crippen LogP) is 8.74. The third kappa shape index (κ3) is 9.17. The third-order valence-corrected chi connectivity index (χ3v) is 14.5. The molecule has 0 saturated carbocycles. The lowest BCUT2D eigenvalue weighted by atomic mass is 9.81. The highest BCUT2D eigenvalue weighted by molar-refractivity contribution is 7.95. The van der Waals surface area contributed by atoms with Crippen molar-refractivity contribution in [2.75, 3.05) is 16.0 Å². The van der Waals surface area contributed by atoms with E-state index < -0.39 is 36.4 Å². The van der Waals surface area contributed by atoms with Gasteiger partial charge >= 0.3 is 0 Å². The first-order valence-electron chi connectivity index (χ1n) is 20.2. The Morgan fingerprint density at radius 2 is 1.32 bits per heavy atom. The Kier molecular flexibility index (Phi) is 12.8. The summed E-state index contributed by atoms with van der Waals surface area (Å²) >= 11 is 7.38. The lowest BCUT2D eigenvalue weighted by molar-refractivity contribution is -0.432. The molecule has 2 aromatic heterocycles. The molecule has 0 radical (unpaired) electrons. The van der Waals surface area contributed by atoms with Crippen LogP contribution in [0.2, 0.25) is 5.28 Å². The van der Waals surface area contributed by atoms with E-state index in [0.717, 1.165) is 12.1 Å². The molecule has 3 heterocycles. The largest absolute Gasteiger partial charge is 0.354 e. The summed E-state index contributed by atoms with van der Waals surface area (Å²) in [6, 6.07) is 32.6. The molecule has 6 aromatic carbocycles. The number of para-hydroxylation sites is 2. The third-order valence-electron chi connectivity index (χ3n) is 10.8. The van der Waals surface area contributed by atoms with Gasteiger partial charge in [-0.3, -0.25) is 23.4 Å². The molecule has 27 heteroatoms. The molecule has 71 heavy (non-hydrogen) atoms. The number of nitrogens with zero attached hydrogens (tertiary/aromatic N) is 5. The lowest BCUT2D eigenvalue weighted by Crippen LogP contribution is -2.39. The zero-order valence-electron chi connectivity index (χ0n) is 35.3. The van der Waals surface area contributed by atoms with Crippen molar-refractivity contribution >= 4 is 119 Å². The molecule has 0 unspecified atom stereocenters. The molecule has 2 aliphatic rings. The van der Waals surface area contributed by atoms with Gasteiger partial charge < -0.3 is 16.0 Å². The number of rotatable bonds is 15. The Morgan fingerprint density at radius 3 is 2.04 bits per heavy atom. The number of carbonyl (C=O) groups excluding carboxylic acids is 1. The van der Waals surface area contributed by atoms with Crippen molar-refractivity contribution in [2.24, 2.45) is 4.99 Å². The predicted molar refractivity (Wildman–Crippen MR) is 260 cm³/mol. The van der Waals surface area contributed by atoms with E-state index in [1.807, 2.05) is 0 Å². The van der Waals surface area contributed by atoms with Gasteiger partial charge in [-0.15, -0.1) is 8.67 Å². The van der Waals surface area contributed by atoms with Gasteiger partial charge in [0.1, 0.15) is 4.90 Å². The monoisotopic (exact) mass is 1050 g/mol. The fraction of sp³-hybridized carbons (Fsp3) is 0. The Morgan fingerprint density at radius 1 is 0.676 bits per heavy atom. The van der Waals surface area contributed by atoms with Gasteiger partial charge in [0.05, 0.1) is 78.2 Å². The van der Waals surface area contributed by atoms with E-state index in [-0.39, 0.29) is 83.2 Å². The molecule has 1 aliphatic heterocycles. The van der Waals surface area contributed by atoms with Crippen LogP contribution in [0.4, 0.5) is 40.3 Å². The minimum absolute atomic E-state index is 0.0275. The highest BCUT2D eigenvalue weighted by atomic mass is 35.5. The second-order valence-corrected chi connectivity index (χ2v) is 19.8. The van der Waals surface area contributed by atoms with E-state index in [0.29, 0.717) is 51.4 Å². The van der Waals surface area contributed by atoms with Crippen molar-refractivity contribution in [3.8, 4) is 16.8 Å². The van der Waals surface area contributed by atoms with Gasteiger partial charge in [0.2, 0.25) is 17.2 Å². The number of pyridine rings is 1. The molecule has 22 nitrogen and oxygen atoms in total. The van der Waals surface area contributed by atoms with Gasteiger partial charge in [0.15, 0.2) is 11.6 Å². The smallest absolute Gasteiger partial charge is 0.294 e. The number of carbonyl (C=O) groups is 1. The van der Waals surface area contributed by atoms with E-state index >= 15 is 9.59 Å². The van der Waals surface area contributed by atoms with Crippen LogP contribution < -0.4 is 26.2 Å². The summed E-state index contributed by atoms with van der Waals surface area (Å²) < 4.78 is 74.4.